The van der Waals surface area contributed by atoms with Crippen molar-refractivity contribution in [1.82, 2.24) is 9.97 Å². The Morgan fingerprint density at radius 2 is 2.00 bits per heavy atom. The first-order valence-electron chi connectivity index (χ1n) is 6.54. The molecule has 0 radical (unpaired) electrons. The minimum Gasteiger partial charge on any atom is -0.367 e. The summed E-state index contributed by atoms with van der Waals surface area (Å²) < 4.78 is 0. The molecule has 2 aromatic rings. The zero-order valence-corrected chi connectivity index (χ0v) is 13.2. The third-order valence-electron chi connectivity index (χ3n) is 2.88. The molecule has 1 unspecified atom stereocenters. The van der Waals surface area contributed by atoms with E-state index in [0.717, 1.165) is 23.6 Å². The van der Waals surface area contributed by atoms with Crippen molar-refractivity contribution in [2.45, 2.75) is 19.4 Å². The molecule has 1 aromatic carbocycles. The zero-order valence-electron chi connectivity index (χ0n) is 11.6. The number of aromatic nitrogens is 2. The Bertz CT molecular complexity index is 548. The molecule has 0 amide bonds. The van der Waals surface area contributed by atoms with E-state index in [4.69, 9.17) is 11.6 Å². The topological polar surface area (TPSA) is 37.8 Å². The molecule has 0 spiro atoms. The second-order valence-corrected chi connectivity index (χ2v) is 5.97. The number of benzene rings is 1. The molecule has 0 bridgehead atoms. The van der Waals surface area contributed by atoms with Crippen molar-refractivity contribution in [1.29, 1.82) is 0 Å². The van der Waals surface area contributed by atoms with Crippen LogP contribution in [0.2, 0.25) is 5.15 Å². The summed E-state index contributed by atoms with van der Waals surface area (Å²) in [6.07, 6.45) is 3.20. The van der Waals surface area contributed by atoms with E-state index in [1.807, 2.05) is 42.1 Å². The molecular formula is C15H18ClN3S. The molecule has 20 heavy (non-hydrogen) atoms. The highest BCUT2D eigenvalue weighted by molar-refractivity contribution is 7.98. The number of hydrogen-bond acceptors (Lipinski definition) is 4. The lowest BCUT2D eigenvalue weighted by molar-refractivity contribution is 0.766. The highest BCUT2D eigenvalue weighted by Gasteiger charge is 2.08. The van der Waals surface area contributed by atoms with Crippen LogP contribution in [0.15, 0.2) is 36.4 Å². The Kier molecular flexibility index (Phi) is 5.68. The lowest BCUT2D eigenvalue weighted by Crippen LogP contribution is -2.17. The van der Waals surface area contributed by atoms with Gasteiger partial charge in [-0.2, -0.15) is 11.8 Å². The number of nitrogens with zero attached hydrogens (tertiary/aromatic N) is 2. The van der Waals surface area contributed by atoms with Gasteiger partial charge in [0.1, 0.15) is 11.0 Å². The van der Waals surface area contributed by atoms with E-state index in [1.165, 1.54) is 0 Å². The van der Waals surface area contributed by atoms with Crippen LogP contribution in [0, 0.1) is 0 Å². The Morgan fingerprint density at radius 3 is 2.70 bits per heavy atom. The second-order valence-electron chi connectivity index (χ2n) is 4.59. The number of thioether (sulfide) groups is 1. The van der Waals surface area contributed by atoms with Crippen molar-refractivity contribution < 1.29 is 0 Å². The van der Waals surface area contributed by atoms with Crippen molar-refractivity contribution in [3.05, 3.63) is 41.6 Å². The van der Waals surface area contributed by atoms with Crippen molar-refractivity contribution in [3.8, 4) is 11.4 Å². The quantitative estimate of drug-likeness (QED) is 0.805. The summed E-state index contributed by atoms with van der Waals surface area (Å²) in [6.45, 7) is 2.15. The second kappa shape index (κ2) is 7.50. The van der Waals surface area contributed by atoms with E-state index in [2.05, 4.69) is 28.5 Å². The molecule has 0 aliphatic heterocycles. The van der Waals surface area contributed by atoms with Gasteiger partial charge in [0, 0.05) is 17.7 Å². The maximum Gasteiger partial charge on any atom is 0.163 e. The van der Waals surface area contributed by atoms with Crippen molar-refractivity contribution >= 4 is 29.2 Å². The minimum absolute atomic E-state index is 0.358. The van der Waals surface area contributed by atoms with E-state index in [1.54, 1.807) is 6.07 Å². The fraction of sp³-hybridized carbons (Fsp3) is 0.333. The summed E-state index contributed by atoms with van der Waals surface area (Å²) in [4.78, 5) is 8.82. The third-order valence-corrected chi connectivity index (χ3v) is 3.71. The van der Waals surface area contributed by atoms with Gasteiger partial charge in [-0.05, 0) is 25.4 Å². The fourth-order valence-electron chi connectivity index (χ4n) is 1.83. The van der Waals surface area contributed by atoms with Crippen LogP contribution in [0.1, 0.15) is 13.3 Å². The van der Waals surface area contributed by atoms with Crippen LogP contribution < -0.4 is 5.32 Å². The summed E-state index contributed by atoms with van der Waals surface area (Å²) in [6, 6.07) is 12.0. The van der Waals surface area contributed by atoms with Crippen LogP contribution in [-0.4, -0.2) is 28.0 Å². The average Bonchev–Trinajstić information content (AvgIpc) is 2.45. The molecule has 0 saturated carbocycles. The van der Waals surface area contributed by atoms with Crippen molar-refractivity contribution in [3.63, 3.8) is 0 Å². The predicted octanol–water partition coefficient (Wildman–Crippen LogP) is 4.35. The SMILES string of the molecule is CSCCC(C)Nc1cc(Cl)nc(-c2ccccc2)n1. The van der Waals surface area contributed by atoms with Gasteiger partial charge in [0.05, 0.1) is 0 Å². The van der Waals surface area contributed by atoms with Gasteiger partial charge in [0.2, 0.25) is 0 Å². The normalized spacial score (nSPS) is 12.2. The summed E-state index contributed by atoms with van der Waals surface area (Å²) in [7, 11) is 0. The fourth-order valence-corrected chi connectivity index (χ4v) is 2.60. The summed E-state index contributed by atoms with van der Waals surface area (Å²) >= 11 is 7.94. The van der Waals surface area contributed by atoms with Gasteiger partial charge < -0.3 is 5.32 Å². The molecule has 0 saturated heterocycles. The summed E-state index contributed by atoms with van der Waals surface area (Å²) in [5.74, 6) is 2.55. The Labute approximate surface area is 129 Å². The molecule has 1 atom stereocenters. The van der Waals surface area contributed by atoms with Gasteiger partial charge >= 0.3 is 0 Å². The predicted molar refractivity (Wildman–Crippen MR) is 88.6 cm³/mol. The maximum atomic E-state index is 6.09. The number of nitrogens with one attached hydrogen (secondary N) is 1. The van der Waals surface area contributed by atoms with Crippen LogP contribution in [0.3, 0.4) is 0 Å². The van der Waals surface area contributed by atoms with Gasteiger partial charge in [-0.15, -0.1) is 0 Å². The molecular weight excluding hydrogens is 290 g/mol. The van der Waals surface area contributed by atoms with Gasteiger partial charge in [-0.1, -0.05) is 41.9 Å². The molecule has 0 aliphatic rings. The monoisotopic (exact) mass is 307 g/mol. The lowest BCUT2D eigenvalue weighted by atomic mass is 10.2. The van der Waals surface area contributed by atoms with Crippen LogP contribution in [0.25, 0.3) is 11.4 Å². The summed E-state index contributed by atoms with van der Waals surface area (Å²) in [5, 5.41) is 3.84. The first-order chi connectivity index (χ1) is 9.69. The van der Waals surface area contributed by atoms with Crippen molar-refractivity contribution in [2.24, 2.45) is 0 Å². The highest BCUT2D eigenvalue weighted by Crippen LogP contribution is 2.20. The van der Waals surface area contributed by atoms with E-state index < -0.39 is 0 Å². The Balaban J connectivity index is 2.17. The Hall–Kier alpha value is -1.26. The van der Waals surface area contributed by atoms with Crippen LogP contribution in [0.4, 0.5) is 5.82 Å². The largest absolute Gasteiger partial charge is 0.367 e. The van der Waals surface area contributed by atoms with E-state index in [-0.39, 0.29) is 0 Å². The van der Waals surface area contributed by atoms with Crippen molar-refractivity contribution in [2.75, 3.05) is 17.3 Å². The molecule has 1 N–H and O–H groups in total. The lowest BCUT2D eigenvalue weighted by Gasteiger charge is -2.14. The van der Waals surface area contributed by atoms with E-state index in [9.17, 15) is 0 Å². The highest BCUT2D eigenvalue weighted by atomic mass is 35.5. The first kappa shape index (κ1) is 15.1. The smallest absolute Gasteiger partial charge is 0.163 e. The Morgan fingerprint density at radius 1 is 1.25 bits per heavy atom. The third kappa shape index (κ3) is 4.39. The molecule has 106 valence electrons. The molecule has 0 aliphatic carbocycles. The van der Waals surface area contributed by atoms with E-state index in [0.29, 0.717) is 17.0 Å². The number of hydrogen-bond donors (Lipinski definition) is 1. The average molecular weight is 308 g/mol. The van der Waals surface area contributed by atoms with Gasteiger partial charge in [-0.3, -0.25) is 0 Å². The molecule has 3 nitrogen and oxygen atoms in total. The van der Waals surface area contributed by atoms with Crippen LogP contribution in [-0.2, 0) is 0 Å². The minimum atomic E-state index is 0.358. The standard InChI is InChI=1S/C15H18ClN3S/c1-11(8-9-20-2)17-14-10-13(16)18-15(19-14)12-6-4-3-5-7-12/h3-7,10-11H,8-9H2,1-2H3,(H,17,18,19). The zero-order chi connectivity index (χ0) is 14.4. The van der Waals surface area contributed by atoms with Gasteiger partial charge in [0.15, 0.2) is 5.82 Å². The molecule has 5 heteroatoms. The van der Waals surface area contributed by atoms with Crippen LogP contribution in [0.5, 0.6) is 0 Å². The van der Waals surface area contributed by atoms with Gasteiger partial charge in [0.25, 0.3) is 0 Å². The molecule has 2 rings (SSSR count). The summed E-state index contributed by atoms with van der Waals surface area (Å²) in [5.41, 5.74) is 0.967. The molecule has 1 aromatic heterocycles. The van der Waals surface area contributed by atoms with Gasteiger partial charge in [-0.25, -0.2) is 9.97 Å². The molecule has 1 heterocycles. The van der Waals surface area contributed by atoms with E-state index >= 15 is 0 Å². The first-order valence-corrected chi connectivity index (χ1v) is 8.31. The number of rotatable bonds is 6. The number of anilines is 1. The molecule has 0 fully saturated rings. The number of halogens is 1. The maximum absolute atomic E-state index is 6.09. The van der Waals surface area contributed by atoms with Crippen LogP contribution >= 0.6 is 23.4 Å².